The third kappa shape index (κ3) is 5.19. The first-order valence-corrected chi connectivity index (χ1v) is 9.79. The zero-order valence-corrected chi connectivity index (χ0v) is 16.9. The molecule has 0 spiro atoms. The van der Waals surface area contributed by atoms with Crippen LogP contribution in [0.25, 0.3) is 0 Å². The number of benzene rings is 2. The molecule has 2 aromatic rings. The molecule has 0 unspecified atom stereocenters. The first-order valence-electron chi connectivity index (χ1n) is 9.79. The second kappa shape index (κ2) is 9.91. The number of carbonyl (C=O) groups is 2. The van der Waals surface area contributed by atoms with Crippen LogP contribution in [-0.2, 0) is 0 Å². The van der Waals surface area contributed by atoms with E-state index in [0.717, 1.165) is 37.2 Å². The molecule has 27 heavy (non-hydrogen) atoms. The van der Waals surface area contributed by atoms with Crippen molar-refractivity contribution < 1.29 is 9.59 Å². The smallest absolute Gasteiger partial charge is 0.258 e. The van der Waals surface area contributed by atoms with Crippen LogP contribution < -0.4 is 4.90 Å². The van der Waals surface area contributed by atoms with E-state index in [-0.39, 0.29) is 11.8 Å². The van der Waals surface area contributed by atoms with Crippen LogP contribution in [0.15, 0.2) is 48.5 Å². The lowest BCUT2D eigenvalue weighted by Crippen LogP contribution is -2.33. The minimum atomic E-state index is -0.0546. The zero-order valence-electron chi connectivity index (χ0n) is 16.9. The van der Waals surface area contributed by atoms with Crippen molar-refractivity contribution in [2.75, 3.05) is 24.5 Å². The average Bonchev–Trinajstić information content (AvgIpc) is 2.68. The van der Waals surface area contributed by atoms with Gasteiger partial charge in [0.05, 0.1) is 0 Å². The lowest BCUT2D eigenvalue weighted by atomic mass is 10.1. The molecule has 2 rings (SSSR count). The molecule has 0 aliphatic heterocycles. The number of hydrogen-bond acceptors (Lipinski definition) is 2. The predicted molar refractivity (Wildman–Crippen MR) is 111 cm³/mol. The van der Waals surface area contributed by atoms with Gasteiger partial charge in [-0.05, 0) is 68.7 Å². The maximum Gasteiger partial charge on any atom is 0.258 e. The van der Waals surface area contributed by atoms with Gasteiger partial charge >= 0.3 is 0 Å². The Hall–Kier alpha value is -2.62. The van der Waals surface area contributed by atoms with Crippen molar-refractivity contribution in [3.63, 3.8) is 0 Å². The average molecular weight is 367 g/mol. The van der Waals surface area contributed by atoms with E-state index in [4.69, 9.17) is 0 Å². The number of anilines is 1. The summed E-state index contributed by atoms with van der Waals surface area (Å²) in [7, 11) is 0. The fourth-order valence-electron chi connectivity index (χ4n) is 3.19. The van der Waals surface area contributed by atoms with Gasteiger partial charge in [-0.15, -0.1) is 0 Å². The molecule has 0 saturated heterocycles. The summed E-state index contributed by atoms with van der Waals surface area (Å²) < 4.78 is 0. The third-order valence-electron chi connectivity index (χ3n) is 4.53. The van der Waals surface area contributed by atoms with E-state index in [2.05, 4.69) is 13.8 Å². The topological polar surface area (TPSA) is 40.6 Å². The minimum Gasteiger partial charge on any atom is -0.339 e. The molecular weight excluding hydrogens is 336 g/mol. The second-order valence-electron chi connectivity index (χ2n) is 6.76. The standard InChI is InChI=1S/C23H30N2O2/c1-5-15-24(16-6-2)22(26)19-11-13-20(14-12-19)23(27)25(7-3)21-10-8-9-18(4)17-21/h8-14,17H,5-7,15-16H2,1-4H3. The molecule has 2 aromatic carbocycles. The predicted octanol–water partition coefficient (Wildman–Crippen LogP) is 4.92. The summed E-state index contributed by atoms with van der Waals surface area (Å²) in [5.74, 6) is -0.0233. The molecule has 0 radical (unpaired) electrons. The molecule has 0 bridgehead atoms. The quantitative estimate of drug-likeness (QED) is 0.665. The summed E-state index contributed by atoms with van der Waals surface area (Å²) in [6.45, 7) is 10.2. The van der Waals surface area contributed by atoms with Gasteiger partial charge in [0, 0.05) is 36.4 Å². The number of carbonyl (C=O) groups excluding carboxylic acids is 2. The summed E-state index contributed by atoms with van der Waals surface area (Å²) in [6, 6.07) is 15.0. The molecule has 144 valence electrons. The van der Waals surface area contributed by atoms with Gasteiger partial charge in [-0.2, -0.15) is 0 Å². The number of aryl methyl sites for hydroxylation is 1. The van der Waals surface area contributed by atoms with Crippen molar-refractivity contribution in [3.05, 3.63) is 65.2 Å². The normalized spacial score (nSPS) is 10.5. The SMILES string of the molecule is CCCN(CCC)C(=O)c1ccc(C(=O)N(CC)c2cccc(C)c2)cc1. The molecule has 4 heteroatoms. The maximum atomic E-state index is 12.9. The third-order valence-corrected chi connectivity index (χ3v) is 4.53. The Morgan fingerprint density at radius 1 is 0.815 bits per heavy atom. The van der Waals surface area contributed by atoms with Crippen molar-refractivity contribution in [1.82, 2.24) is 4.90 Å². The van der Waals surface area contributed by atoms with Gasteiger partial charge in [0.2, 0.25) is 0 Å². The Bertz CT molecular complexity index is 762. The van der Waals surface area contributed by atoms with Crippen molar-refractivity contribution in [1.29, 1.82) is 0 Å². The molecule has 0 saturated carbocycles. The van der Waals surface area contributed by atoms with E-state index < -0.39 is 0 Å². The van der Waals surface area contributed by atoms with Gasteiger partial charge in [-0.3, -0.25) is 9.59 Å². The molecule has 0 atom stereocenters. The van der Waals surface area contributed by atoms with Crippen LogP contribution in [0.4, 0.5) is 5.69 Å². The van der Waals surface area contributed by atoms with Gasteiger partial charge in [0.1, 0.15) is 0 Å². The number of hydrogen-bond donors (Lipinski definition) is 0. The van der Waals surface area contributed by atoms with Gasteiger partial charge in [0.25, 0.3) is 11.8 Å². The lowest BCUT2D eigenvalue weighted by Gasteiger charge is -2.23. The molecule has 0 aliphatic carbocycles. The molecule has 0 aliphatic rings. The number of amides is 2. The van der Waals surface area contributed by atoms with Crippen molar-refractivity contribution in [2.45, 2.75) is 40.5 Å². The van der Waals surface area contributed by atoms with E-state index in [1.54, 1.807) is 29.2 Å². The lowest BCUT2D eigenvalue weighted by molar-refractivity contribution is 0.0755. The Morgan fingerprint density at radius 3 is 1.85 bits per heavy atom. The van der Waals surface area contributed by atoms with Crippen LogP contribution in [0.2, 0.25) is 0 Å². The molecule has 4 nitrogen and oxygen atoms in total. The van der Waals surface area contributed by atoms with Gasteiger partial charge in [-0.1, -0.05) is 26.0 Å². The van der Waals surface area contributed by atoms with E-state index >= 15 is 0 Å². The fourth-order valence-corrected chi connectivity index (χ4v) is 3.19. The Balaban J connectivity index is 2.20. The highest BCUT2D eigenvalue weighted by molar-refractivity contribution is 6.06. The Kier molecular flexibility index (Phi) is 7.59. The van der Waals surface area contributed by atoms with Crippen molar-refractivity contribution in [3.8, 4) is 0 Å². The second-order valence-corrected chi connectivity index (χ2v) is 6.76. The highest BCUT2D eigenvalue weighted by Gasteiger charge is 2.18. The minimum absolute atomic E-state index is 0.0312. The summed E-state index contributed by atoms with van der Waals surface area (Å²) in [5, 5.41) is 0. The first-order chi connectivity index (χ1) is 13.0. The summed E-state index contributed by atoms with van der Waals surface area (Å²) in [4.78, 5) is 29.3. The fraction of sp³-hybridized carbons (Fsp3) is 0.391. The highest BCUT2D eigenvalue weighted by atomic mass is 16.2. The zero-order chi connectivity index (χ0) is 19.8. The molecule has 0 aromatic heterocycles. The van der Waals surface area contributed by atoms with Gasteiger partial charge in [-0.25, -0.2) is 0 Å². The van der Waals surface area contributed by atoms with Crippen LogP contribution in [0.5, 0.6) is 0 Å². The van der Waals surface area contributed by atoms with Crippen LogP contribution in [0, 0.1) is 6.92 Å². The Morgan fingerprint density at radius 2 is 1.37 bits per heavy atom. The van der Waals surface area contributed by atoms with Crippen LogP contribution in [0.3, 0.4) is 0 Å². The number of rotatable bonds is 8. The summed E-state index contributed by atoms with van der Waals surface area (Å²) >= 11 is 0. The van der Waals surface area contributed by atoms with E-state index in [0.29, 0.717) is 17.7 Å². The monoisotopic (exact) mass is 366 g/mol. The summed E-state index contributed by atoms with van der Waals surface area (Å²) in [5.41, 5.74) is 3.23. The van der Waals surface area contributed by atoms with Crippen LogP contribution in [-0.4, -0.2) is 36.3 Å². The van der Waals surface area contributed by atoms with E-state index in [9.17, 15) is 9.59 Å². The van der Waals surface area contributed by atoms with Crippen molar-refractivity contribution in [2.24, 2.45) is 0 Å². The first kappa shape index (κ1) is 20.7. The Labute approximate surface area is 162 Å². The molecular formula is C23H30N2O2. The van der Waals surface area contributed by atoms with E-state index in [1.165, 1.54) is 0 Å². The van der Waals surface area contributed by atoms with E-state index in [1.807, 2.05) is 43.0 Å². The van der Waals surface area contributed by atoms with Crippen LogP contribution in [0.1, 0.15) is 59.9 Å². The van der Waals surface area contributed by atoms with Gasteiger partial charge < -0.3 is 9.80 Å². The van der Waals surface area contributed by atoms with Gasteiger partial charge in [0.15, 0.2) is 0 Å². The highest BCUT2D eigenvalue weighted by Crippen LogP contribution is 2.19. The molecule has 2 amide bonds. The largest absolute Gasteiger partial charge is 0.339 e. The van der Waals surface area contributed by atoms with Crippen molar-refractivity contribution >= 4 is 17.5 Å². The molecule has 0 fully saturated rings. The maximum absolute atomic E-state index is 12.9. The number of nitrogens with zero attached hydrogens (tertiary/aromatic N) is 2. The summed E-state index contributed by atoms with van der Waals surface area (Å²) in [6.07, 6.45) is 1.87. The molecule has 0 heterocycles. The molecule has 0 N–H and O–H groups in total. The van der Waals surface area contributed by atoms with Crippen LogP contribution >= 0.6 is 0 Å².